The molecule has 0 N–H and O–H groups in total. The summed E-state index contributed by atoms with van der Waals surface area (Å²) in [7, 11) is 1.63. The summed E-state index contributed by atoms with van der Waals surface area (Å²) in [6, 6.07) is 17.3. The third-order valence-corrected chi connectivity index (χ3v) is 7.07. The van der Waals surface area contributed by atoms with Crippen LogP contribution in [0.1, 0.15) is 35.7 Å². The summed E-state index contributed by atoms with van der Waals surface area (Å²) < 4.78 is 16.8. The molecule has 2 amide bonds. The van der Waals surface area contributed by atoms with Crippen LogP contribution in [0, 0.1) is 5.92 Å². The molecule has 1 atom stereocenters. The maximum atomic E-state index is 13.6. The average Bonchev–Trinajstić information content (AvgIpc) is 2.94. The predicted molar refractivity (Wildman–Crippen MR) is 138 cm³/mol. The van der Waals surface area contributed by atoms with Crippen molar-refractivity contribution in [1.29, 1.82) is 0 Å². The zero-order valence-electron chi connectivity index (χ0n) is 20.9. The molecule has 3 aromatic carbocycles. The molecule has 0 bridgehead atoms. The molecule has 188 valence electrons. The van der Waals surface area contributed by atoms with E-state index in [1.165, 1.54) is 0 Å². The lowest BCUT2D eigenvalue weighted by molar-refractivity contribution is -0.137. The Balaban J connectivity index is 1.31. The Labute approximate surface area is 211 Å². The molecule has 0 aliphatic carbocycles. The van der Waals surface area contributed by atoms with E-state index in [0.717, 1.165) is 46.4 Å². The van der Waals surface area contributed by atoms with E-state index >= 15 is 0 Å². The van der Waals surface area contributed by atoms with E-state index in [2.05, 4.69) is 0 Å². The van der Waals surface area contributed by atoms with E-state index in [4.69, 9.17) is 14.2 Å². The van der Waals surface area contributed by atoms with E-state index in [-0.39, 0.29) is 17.7 Å². The number of amides is 2. The van der Waals surface area contributed by atoms with Crippen molar-refractivity contribution in [2.45, 2.75) is 26.3 Å². The summed E-state index contributed by atoms with van der Waals surface area (Å²) in [4.78, 5) is 30.8. The maximum Gasteiger partial charge on any atom is 0.254 e. The minimum Gasteiger partial charge on any atom is -0.496 e. The Bertz CT molecular complexity index is 1270. The van der Waals surface area contributed by atoms with E-state index in [9.17, 15) is 9.59 Å². The number of carbonyl (C=O) groups is 2. The van der Waals surface area contributed by atoms with Gasteiger partial charge in [0.05, 0.1) is 13.0 Å². The molecule has 36 heavy (non-hydrogen) atoms. The van der Waals surface area contributed by atoms with Gasteiger partial charge in [-0.15, -0.1) is 0 Å². The first kappa shape index (κ1) is 24.0. The molecule has 2 aliphatic rings. The van der Waals surface area contributed by atoms with E-state index in [0.29, 0.717) is 45.0 Å². The van der Waals surface area contributed by atoms with Gasteiger partial charge >= 0.3 is 0 Å². The first-order valence-corrected chi connectivity index (χ1v) is 12.6. The lowest BCUT2D eigenvalue weighted by atomic mass is 9.94. The van der Waals surface area contributed by atoms with Gasteiger partial charge in [-0.25, -0.2) is 0 Å². The number of nitrogens with zero attached hydrogens (tertiary/aromatic N) is 2. The number of likely N-dealkylation sites (tertiary alicyclic amines) is 1. The van der Waals surface area contributed by atoms with Crippen LogP contribution in [0.25, 0.3) is 10.8 Å². The van der Waals surface area contributed by atoms with Crippen molar-refractivity contribution in [2.24, 2.45) is 5.92 Å². The number of carbonyl (C=O) groups excluding carboxylic acids is 2. The molecule has 5 rings (SSSR count). The maximum absolute atomic E-state index is 13.6. The van der Waals surface area contributed by atoms with Gasteiger partial charge in [0.15, 0.2) is 11.5 Å². The monoisotopic (exact) mass is 488 g/mol. The first-order chi connectivity index (χ1) is 17.6. The van der Waals surface area contributed by atoms with Crippen molar-refractivity contribution in [3.8, 4) is 17.2 Å². The second-order valence-corrected chi connectivity index (χ2v) is 9.28. The third kappa shape index (κ3) is 4.70. The minimum atomic E-state index is -0.218. The van der Waals surface area contributed by atoms with Crippen LogP contribution in [-0.2, 0) is 11.3 Å². The van der Waals surface area contributed by atoms with Crippen LogP contribution in [0.4, 0.5) is 0 Å². The highest BCUT2D eigenvalue weighted by Crippen LogP contribution is 2.32. The Hall–Kier alpha value is -3.74. The fraction of sp³-hybridized carbons (Fsp3) is 0.379. The second-order valence-electron chi connectivity index (χ2n) is 9.28. The van der Waals surface area contributed by atoms with Gasteiger partial charge in [-0.2, -0.15) is 0 Å². The van der Waals surface area contributed by atoms with Crippen molar-refractivity contribution in [1.82, 2.24) is 9.80 Å². The number of fused-ring (bicyclic) bond motifs is 2. The molecule has 1 saturated heterocycles. The fourth-order valence-electron chi connectivity index (χ4n) is 5.18. The van der Waals surface area contributed by atoms with Crippen molar-refractivity contribution in [2.75, 3.05) is 40.0 Å². The Kier molecular flexibility index (Phi) is 6.98. The molecule has 0 aromatic heterocycles. The number of rotatable bonds is 6. The molecular formula is C29H32N2O5. The molecule has 0 saturated carbocycles. The quantitative estimate of drug-likeness (QED) is 0.510. The third-order valence-electron chi connectivity index (χ3n) is 7.07. The van der Waals surface area contributed by atoms with Crippen LogP contribution < -0.4 is 14.2 Å². The molecule has 2 aliphatic heterocycles. The minimum absolute atomic E-state index is 0.0405. The molecule has 0 spiro atoms. The molecular weight excluding hydrogens is 456 g/mol. The molecule has 1 fully saturated rings. The highest BCUT2D eigenvalue weighted by atomic mass is 16.6. The topological polar surface area (TPSA) is 68.3 Å². The molecule has 7 nitrogen and oxygen atoms in total. The molecule has 7 heteroatoms. The van der Waals surface area contributed by atoms with Crippen molar-refractivity contribution in [3.05, 3.63) is 65.7 Å². The largest absolute Gasteiger partial charge is 0.496 e. The van der Waals surface area contributed by atoms with Gasteiger partial charge in [0.2, 0.25) is 5.91 Å². The van der Waals surface area contributed by atoms with Gasteiger partial charge in [-0.1, -0.05) is 30.3 Å². The van der Waals surface area contributed by atoms with Crippen LogP contribution in [0.3, 0.4) is 0 Å². The van der Waals surface area contributed by atoms with Gasteiger partial charge in [0.25, 0.3) is 5.91 Å². The summed E-state index contributed by atoms with van der Waals surface area (Å²) in [5, 5.41) is 1.77. The first-order valence-electron chi connectivity index (χ1n) is 12.6. The Morgan fingerprint density at radius 2 is 1.81 bits per heavy atom. The van der Waals surface area contributed by atoms with E-state index < -0.39 is 0 Å². The fourth-order valence-corrected chi connectivity index (χ4v) is 5.18. The van der Waals surface area contributed by atoms with Gasteiger partial charge in [0.1, 0.15) is 19.0 Å². The van der Waals surface area contributed by atoms with Crippen LogP contribution in [0.15, 0.2) is 54.6 Å². The lowest BCUT2D eigenvalue weighted by Crippen LogP contribution is -2.46. The van der Waals surface area contributed by atoms with Gasteiger partial charge in [0, 0.05) is 37.1 Å². The standard InChI is InChI=1S/C29H32N2O5/c1-3-30(18-20-10-12-26-27(17-20)36-16-15-35-26)28(32)21-7-6-14-31(19-21)29(33)24-11-13-25(34-2)23-9-5-4-8-22(23)24/h4-5,8-13,17,21H,3,6-7,14-16,18-19H2,1-2H3. The second kappa shape index (κ2) is 10.5. The number of ether oxygens (including phenoxy) is 3. The number of hydrogen-bond donors (Lipinski definition) is 0. The van der Waals surface area contributed by atoms with E-state index in [1.807, 2.05) is 71.3 Å². The smallest absolute Gasteiger partial charge is 0.254 e. The van der Waals surface area contributed by atoms with Gasteiger partial charge < -0.3 is 24.0 Å². The summed E-state index contributed by atoms with van der Waals surface area (Å²) in [5.74, 6) is 2.04. The van der Waals surface area contributed by atoms with Gasteiger partial charge in [-0.3, -0.25) is 9.59 Å². The summed E-state index contributed by atoms with van der Waals surface area (Å²) in [6.07, 6.45) is 1.58. The number of piperidine rings is 1. The lowest BCUT2D eigenvalue weighted by Gasteiger charge is -2.35. The zero-order chi connectivity index (χ0) is 25.1. The highest BCUT2D eigenvalue weighted by molar-refractivity contribution is 6.08. The van der Waals surface area contributed by atoms with Crippen molar-refractivity contribution < 1.29 is 23.8 Å². The van der Waals surface area contributed by atoms with Crippen LogP contribution in [0.2, 0.25) is 0 Å². The van der Waals surface area contributed by atoms with Crippen LogP contribution in [-0.4, -0.2) is 61.6 Å². The summed E-state index contributed by atoms with van der Waals surface area (Å²) in [5.41, 5.74) is 1.64. The number of benzene rings is 3. The molecule has 3 aromatic rings. The van der Waals surface area contributed by atoms with Crippen molar-refractivity contribution >= 4 is 22.6 Å². The SMILES string of the molecule is CCN(Cc1ccc2c(c1)OCCO2)C(=O)C1CCCN(C(=O)c2ccc(OC)c3ccccc23)C1. The van der Waals surface area contributed by atoms with Crippen LogP contribution >= 0.6 is 0 Å². The van der Waals surface area contributed by atoms with E-state index in [1.54, 1.807) is 7.11 Å². The Morgan fingerprint density at radius 1 is 1.03 bits per heavy atom. The van der Waals surface area contributed by atoms with Crippen LogP contribution in [0.5, 0.6) is 17.2 Å². The Morgan fingerprint density at radius 3 is 2.58 bits per heavy atom. The van der Waals surface area contributed by atoms with Gasteiger partial charge in [-0.05, 0) is 55.0 Å². The number of hydrogen-bond acceptors (Lipinski definition) is 5. The summed E-state index contributed by atoms with van der Waals surface area (Å²) >= 11 is 0. The number of methoxy groups -OCH3 is 1. The highest BCUT2D eigenvalue weighted by Gasteiger charge is 2.32. The molecule has 0 radical (unpaired) electrons. The molecule has 1 unspecified atom stereocenters. The predicted octanol–water partition coefficient (Wildman–Crippen LogP) is 4.52. The summed E-state index contributed by atoms with van der Waals surface area (Å²) in [6.45, 7) is 5.25. The zero-order valence-corrected chi connectivity index (χ0v) is 20.9. The normalized spacial score (nSPS) is 17.1. The molecule has 2 heterocycles. The van der Waals surface area contributed by atoms with Crippen molar-refractivity contribution in [3.63, 3.8) is 0 Å². The average molecular weight is 489 g/mol.